The summed E-state index contributed by atoms with van der Waals surface area (Å²) in [6.45, 7) is 5.67. The topological polar surface area (TPSA) is 122 Å². The van der Waals surface area contributed by atoms with Crippen molar-refractivity contribution in [1.29, 1.82) is 0 Å². The molecule has 164 valence electrons. The third-order valence-electron chi connectivity index (χ3n) is 4.97. The first kappa shape index (κ1) is 21.6. The van der Waals surface area contributed by atoms with Gasteiger partial charge in [0.25, 0.3) is 0 Å². The Kier molecular flexibility index (Phi) is 6.17. The molecule has 31 heavy (non-hydrogen) atoms. The highest BCUT2D eigenvalue weighted by molar-refractivity contribution is 7.98. The molecule has 3 aromatic heterocycles. The molecule has 3 heterocycles. The van der Waals surface area contributed by atoms with Crippen molar-refractivity contribution in [2.75, 3.05) is 0 Å². The van der Waals surface area contributed by atoms with E-state index in [2.05, 4.69) is 21.7 Å². The molecule has 0 bridgehead atoms. The normalized spacial score (nSPS) is 12.1. The number of unbranched alkanes of at least 4 members (excludes halogenated alkanes) is 1. The van der Waals surface area contributed by atoms with Gasteiger partial charge in [0.2, 0.25) is 10.0 Å². The van der Waals surface area contributed by atoms with E-state index in [1.807, 2.05) is 23.6 Å². The van der Waals surface area contributed by atoms with E-state index in [1.165, 1.54) is 23.9 Å². The number of primary sulfonamides is 1. The molecule has 11 heteroatoms. The molecule has 0 spiro atoms. The quantitative estimate of drug-likeness (QED) is 0.378. The number of fused-ring (bicyclic) bond motifs is 1. The molecule has 0 atom stereocenters. The van der Waals surface area contributed by atoms with Crippen molar-refractivity contribution in [3.63, 3.8) is 0 Å². The number of benzene rings is 1. The Hall–Kier alpha value is -2.63. The Bertz CT molecular complexity index is 1290. The van der Waals surface area contributed by atoms with Gasteiger partial charge in [-0.3, -0.25) is 4.57 Å². The second-order valence-electron chi connectivity index (χ2n) is 7.05. The number of aryl methyl sites for hydroxylation is 1. The zero-order valence-electron chi connectivity index (χ0n) is 17.4. The van der Waals surface area contributed by atoms with E-state index in [0.29, 0.717) is 29.4 Å². The van der Waals surface area contributed by atoms with Crippen molar-refractivity contribution >= 4 is 32.8 Å². The summed E-state index contributed by atoms with van der Waals surface area (Å²) in [6, 6.07) is 8.52. The summed E-state index contributed by atoms with van der Waals surface area (Å²) in [5.41, 5.74) is 1.51. The molecule has 0 aliphatic rings. The second kappa shape index (κ2) is 8.85. The van der Waals surface area contributed by atoms with Crippen molar-refractivity contribution in [1.82, 2.24) is 24.3 Å². The largest absolute Gasteiger partial charge is 0.461 e. The van der Waals surface area contributed by atoms with Crippen LogP contribution in [0.3, 0.4) is 0 Å². The SMILES string of the molecule is CCCCn1c(CSc2nnc(-c3ccco3)n2CC)nc2cc(S(N)(=O)=O)ccc21. The monoisotopic (exact) mass is 460 g/mol. The number of rotatable bonds is 9. The summed E-state index contributed by atoms with van der Waals surface area (Å²) >= 11 is 1.54. The molecule has 9 nitrogen and oxygen atoms in total. The van der Waals surface area contributed by atoms with Crippen LogP contribution in [0.2, 0.25) is 0 Å². The Morgan fingerprint density at radius 3 is 2.68 bits per heavy atom. The number of aromatic nitrogens is 5. The average Bonchev–Trinajstić information content (AvgIpc) is 3.47. The number of furan rings is 1. The lowest BCUT2D eigenvalue weighted by atomic mass is 10.3. The van der Waals surface area contributed by atoms with Crippen LogP contribution in [-0.2, 0) is 28.9 Å². The van der Waals surface area contributed by atoms with Gasteiger partial charge < -0.3 is 8.98 Å². The zero-order valence-corrected chi connectivity index (χ0v) is 19.0. The molecule has 1 aromatic carbocycles. The third kappa shape index (κ3) is 4.39. The Morgan fingerprint density at radius 1 is 1.16 bits per heavy atom. The van der Waals surface area contributed by atoms with E-state index in [1.54, 1.807) is 12.3 Å². The summed E-state index contributed by atoms with van der Waals surface area (Å²) in [5.74, 6) is 2.78. The second-order valence-corrected chi connectivity index (χ2v) is 9.55. The van der Waals surface area contributed by atoms with E-state index in [-0.39, 0.29) is 4.90 Å². The summed E-state index contributed by atoms with van der Waals surface area (Å²) in [7, 11) is -3.78. The van der Waals surface area contributed by atoms with Gasteiger partial charge in [-0.2, -0.15) is 0 Å². The molecule has 0 aliphatic heterocycles. The zero-order chi connectivity index (χ0) is 22.0. The Labute approximate surface area is 184 Å². The molecular formula is C20H24N6O3S2. The highest BCUT2D eigenvalue weighted by Gasteiger charge is 2.18. The predicted octanol–water partition coefficient (Wildman–Crippen LogP) is 3.65. The molecule has 4 aromatic rings. The Balaban J connectivity index is 1.66. The maximum absolute atomic E-state index is 11.7. The lowest BCUT2D eigenvalue weighted by molar-refractivity contribution is 0.567. The van der Waals surface area contributed by atoms with Gasteiger partial charge in [0, 0.05) is 13.1 Å². The van der Waals surface area contributed by atoms with E-state index >= 15 is 0 Å². The molecule has 0 aliphatic carbocycles. The number of imidazole rings is 1. The van der Waals surface area contributed by atoms with Crippen LogP contribution < -0.4 is 5.14 Å². The molecule has 0 saturated carbocycles. The summed E-state index contributed by atoms with van der Waals surface area (Å²) in [4.78, 5) is 4.78. The highest BCUT2D eigenvalue weighted by Crippen LogP contribution is 2.28. The van der Waals surface area contributed by atoms with E-state index in [0.717, 1.165) is 35.9 Å². The number of sulfonamides is 1. The maximum atomic E-state index is 11.7. The standard InChI is InChI=1S/C20H24N6O3S2/c1-3-5-10-26-16-9-8-14(31(21,27)28)12-15(16)22-18(26)13-30-20-24-23-19(25(20)4-2)17-7-6-11-29-17/h6-9,11-12H,3-5,10,13H2,1-2H3,(H2,21,27,28). The van der Waals surface area contributed by atoms with Crippen LogP contribution in [0.25, 0.3) is 22.6 Å². The van der Waals surface area contributed by atoms with Crippen LogP contribution in [0.4, 0.5) is 0 Å². The number of hydrogen-bond donors (Lipinski definition) is 1. The molecule has 0 fully saturated rings. The van der Waals surface area contributed by atoms with Crippen LogP contribution in [0.5, 0.6) is 0 Å². The number of nitrogens with zero attached hydrogens (tertiary/aromatic N) is 5. The smallest absolute Gasteiger partial charge is 0.238 e. The van der Waals surface area contributed by atoms with E-state index in [9.17, 15) is 8.42 Å². The van der Waals surface area contributed by atoms with Crippen molar-refractivity contribution in [2.45, 2.75) is 55.6 Å². The van der Waals surface area contributed by atoms with Crippen molar-refractivity contribution in [3.05, 3.63) is 42.4 Å². The first-order chi connectivity index (χ1) is 14.9. The minimum absolute atomic E-state index is 0.0631. The lowest BCUT2D eigenvalue weighted by Crippen LogP contribution is -2.11. The first-order valence-electron chi connectivity index (χ1n) is 10.0. The fraction of sp³-hybridized carbons (Fsp3) is 0.350. The highest BCUT2D eigenvalue weighted by atomic mass is 32.2. The fourth-order valence-electron chi connectivity index (χ4n) is 3.41. The van der Waals surface area contributed by atoms with Crippen molar-refractivity contribution in [2.24, 2.45) is 5.14 Å². The van der Waals surface area contributed by atoms with Crippen LogP contribution >= 0.6 is 11.8 Å². The first-order valence-corrected chi connectivity index (χ1v) is 12.6. The molecule has 0 amide bonds. The minimum atomic E-state index is -3.78. The van der Waals surface area contributed by atoms with Gasteiger partial charge in [-0.15, -0.1) is 10.2 Å². The van der Waals surface area contributed by atoms with Crippen molar-refractivity contribution < 1.29 is 12.8 Å². The third-order valence-corrected chi connectivity index (χ3v) is 6.84. The van der Waals surface area contributed by atoms with Gasteiger partial charge in [0.1, 0.15) is 5.82 Å². The number of thioether (sulfide) groups is 1. The predicted molar refractivity (Wildman–Crippen MR) is 119 cm³/mol. The van der Waals surface area contributed by atoms with Crippen LogP contribution in [0.15, 0.2) is 51.1 Å². The summed E-state index contributed by atoms with van der Waals surface area (Å²) in [6.07, 6.45) is 3.65. The molecule has 0 radical (unpaired) electrons. The summed E-state index contributed by atoms with van der Waals surface area (Å²) < 4.78 is 33.1. The lowest BCUT2D eigenvalue weighted by Gasteiger charge is -2.09. The molecule has 2 N–H and O–H groups in total. The van der Waals surface area contributed by atoms with E-state index < -0.39 is 10.0 Å². The number of nitrogens with two attached hydrogens (primary N) is 1. The van der Waals surface area contributed by atoms with Crippen LogP contribution in [-0.4, -0.2) is 32.7 Å². The summed E-state index contributed by atoms with van der Waals surface area (Å²) in [5, 5.41) is 14.7. The maximum Gasteiger partial charge on any atom is 0.238 e. The van der Waals surface area contributed by atoms with Crippen molar-refractivity contribution in [3.8, 4) is 11.6 Å². The van der Waals surface area contributed by atoms with Gasteiger partial charge in [-0.1, -0.05) is 25.1 Å². The molecule has 4 rings (SSSR count). The van der Waals surface area contributed by atoms with Gasteiger partial charge in [-0.25, -0.2) is 18.5 Å². The van der Waals surface area contributed by atoms with Gasteiger partial charge in [-0.05, 0) is 43.7 Å². The molecular weight excluding hydrogens is 436 g/mol. The fourth-order valence-corrected chi connectivity index (χ4v) is 4.89. The minimum Gasteiger partial charge on any atom is -0.461 e. The van der Waals surface area contributed by atoms with Crippen LogP contribution in [0, 0.1) is 0 Å². The van der Waals surface area contributed by atoms with Gasteiger partial charge >= 0.3 is 0 Å². The number of hydrogen-bond acceptors (Lipinski definition) is 7. The molecule has 0 saturated heterocycles. The van der Waals surface area contributed by atoms with Gasteiger partial charge in [0.15, 0.2) is 16.7 Å². The van der Waals surface area contributed by atoms with Gasteiger partial charge in [0.05, 0.1) is 27.9 Å². The van der Waals surface area contributed by atoms with E-state index in [4.69, 9.17) is 14.5 Å². The molecule has 0 unspecified atom stereocenters. The average molecular weight is 461 g/mol. The Morgan fingerprint density at radius 2 is 2.00 bits per heavy atom. The van der Waals surface area contributed by atoms with Crippen LogP contribution in [0.1, 0.15) is 32.5 Å².